The molecule has 0 saturated carbocycles. The number of para-hydroxylation sites is 1. The lowest BCUT2D eigenvalue weighted by Crippen LogP contribution is -2.33. The van der Waals surface area contributed by atoms with E-state index in [9.17, 15) is 0 Å². The fourth-order valence-corrected chi connectivity index (χ4v) is 2.23. The van der Waals surface area contributed by atoms with Gasteiger partial charge >= 0.3 is 0 Å². The van der Waals surface area contributed by atoms with Crippen molar-refractivity contribution in [3.63, 3.8) is 0 Å². The Morgan fingerprint density at radius 1 is 1.26 bits per heavy atom. The van der Waals surface area contributed by atoms with Gasteiger partial charge in [0.15, 0.2) is 0 Å². The molecule has 19 heavy (non-hydrogen) atoms. The topological polar surface area (TPSA) is 67.1 Å². The summed E-state index contributed by atoms with van der Waals surface area (Å²) in [6.45, 7) is 7.42. The zero-order chi connectivity index (χ0) is 13.8. The van der Waals surface area contributed by atoms with Crippen molar-refractivity contribution in [2.24, 2.45) is 5.84 Å². The lowest BCUT2D eigenvalue weighted by atomic mass is 10.1. The number of anilines is 2. The van der Waals surface area contributed by atoms with Crippen LogP contribution < -0.4 is 16.2 Å². The molecule has 1 aromatic heterocycles. The molecule has 0 saturated heterocycles. The fraction of sp³-hybridized carbons (Fsp3) is 0.429. The van der Waals surface area contributed by atoms with Crippen molar-refractivity contribution in [1.29, 1.82) is 0 Å². The van der Waals surface area contributed by atoms with E-state index in [-0.39, 0.29) is 0 Å². The van der Waals surface area contributed by atoms with E-state index in [1.54, 1.807) is 0 Å². The first-order valence-electron chi connectivity index (χ1n) is 6.71. The van der Waals surface area contributed by atoms with Crippen molar-refractivity contribution >= 4 is 22.7 Å². The first-order valence-corrected chi connectivity index (χ1v) is 6.71. The minimum Gasteiger partial charge on any atom is -0.354 e. The van der Waals surface area contributed by atoms with Crippen LogP contribution in [0.25, 0.3) is 10.9 Å². The number of nitrogens with zero attached hydrogens (tertiary/aromatic N) is 3. The molecular weight excluding hydrogens is 238 g/mol. The van der Waals surface area contributed by atoms with Crippen molar-refractivity contribution in [3.05, 3.63) is 24.3 Å². The lowest BCUT2D eigenvalue weighted by molar-refractivity contribution is 0.625. The molecule has 1 unspecified atom stereocenters. The molecule has 0 bridgehead atoms. The van der Waals surface area contributed by atoms with Gasteiger partial charge < -0.3 is 4.90 Å². The van der Waals surface area contributed by atoms with E-state index in [0.29, 0.717) is 12.0 Å². The molecule has 0 amide bonds. The number of hydrazine groups is 1. The molecule has 1 aromatic carbocycles. The first-order chi connectivity index (χ1) is 9.21. The van der Waals surface area contributed by atoms with Gasteiger partial charge in [-0.1, -0.05) is 19.1 Å². The third-order valence-electron chi connectivity index (χ3n) is 3.45. The lowest BCUT2D eigenvalue weighted by Gasteiger charge is -2.29. The van der Waals surface area contributed by atoms with Gasteiger partial charge in [-0.2, -0.15) is 4.98 Å². The van der Waals surface area contributed by atoms with Crippen LogP contribution in [-0.4, -0.2) is 22.6 Å². The van der Waals surface area contributed by atoms with Crippen LogP contribution in [0.15, 0.2) is 24.3 Å². The molecule has 0 spiro atoms. The van der Waals surface area contributed by atoms with Crippen LogP contribution in [0, 0.1) is 0 Å². The van der Waals surface area contributed by atoms with E-state index in [4.69, 9.17) is 5.84 Å². The van der Waals surface area contributed by atoms with Crippen LogP contribution >= 0.6 is 0 Å². The highest BCUT2D eigenvalue weighted by molar-refractivity contribution is 5.90. The third kappa shape index (κ3) is 2.61. The van der Waals surface area contributed by atoms with E-state index in [1.807, 2.05) is 18.2 Å². The van der Waals surface area contributed by atoms with E-state index in [1.165, 1.54) is 0 Å². The number of nitrogens with one attached hydrogen (secondary N) is 1. The average Bonchev–Trinajstić information content (AvgIpc) is 2.47. The number of rotatable bonds is 5. The van der Waals surface area contributed by atoms with Gasteiger partial charge in [-0.05, 0) is 32.4 Å². The summed E-state index contributed by atoms with van der Waals surface area (Å²) in [5.74, 6) is 6.86. The largest absolute Gasteiger partial charge is 0.354 e. The average molecular weight is 259 g/mol. The molecule has 0 aliphatic rings. The molecule has 2 aromatic rings. The maximum atomic E-state index is 5.47. The van der Waals surface area contributed by atoms with E-state index in [0.717, 1.165) is 29.7 Å². The van der Waals surface area contributed by atoms with E-state index >= 15 is 0 Å². The van der Waals surface area contributed by atoms with Gasteiger partial charge in [0.1, 0.15) is 5.82 Å². The van der Waals surface area contributed by atoms with Crippen molar-refractivity contribution in [1.82, 2.24) is 9.97 Å². The second kappa shape index (κ2) is 5.84. The second-order valence-corrected chi connectivity index (χ2v) is 4.58. The maximum absolute atomic E-state index is 5.47. The molecule has 0 aliphatic carbocycles. The van der Waals surface area contributed by atoms with Gasteiger partial charge in [-0.15, -0.1) is 0 Å². The SMILES string of the molecule is CCC(C)N(CC)c1nc(NN)nc2ccccc12. The molecule has 0 fully saturated rings. The van der Waals surface area contributed by atoms with Gasteiger partial charge in [0.05, 0.1) is 5.52 Å². The van der Waals surface area contributed by atoms with Crippen molar-refractivity contribution < 1.29 is 0 Å². The quantitative estimate of drug-likeness (QED) is 0.638. The summed E-state index contributed by atoms with van der Waals surface area (Å²) in [4.78, 5) is 11.2. The number of hydrogen-bond donors (Lipinski definition) is 2. The van der Waals surface area contributed by atoms with Gasteiger partial charge in [-0.25, -0.2) is 10.8 Å². The number of hydrogen-bond acceptors (Lipinski definition) is 5. The summed E-state index contributed by atoms with van der Waals surface area (Å²) < 4.78 is 0. The predicted octanol–water partition coefficient (Wildman–Crippen LogP) is 2.54. The number of benzene rings is 1. The van der Waals surface area contributed by atoms with Crippen LogP contribution in [0.2, 0.25) is 0 Å². The Morgan fingerprint density at radius 2 is 2.00 bits per heavy atom. The standard InChI is InChI=1S/C14H21N5/c1-4-10(3)19(5-2)13-11-8-6-7-9-12(11)16-14(17-13)18-15/h6-10H,4-5,15H2,1-3H3,(H,16,17,18). The Hall–Kier alpha value is -1.88. The summed E-state index contributed by atoms with van der Waals surface area (Å²) in [7, 11) is 0. The smallest absolute Gasteiger partial charge is 0.239 e. The van der Waals surface area contributed by atoms with Crippen LogP contribution in [0.4, 0.5) is 11.8 Å². The monoisotopic (exact) mass is 259 g/mol. The van der Waals surface area contributed by atoms with Crippen molar-refractivity contribution in [2.45, 2.75) is 33.2 Å². The molecule has 5 nitrogen and oxygen atoms in total. The highest BCUT2D eigenvalue weighted by Gasteiger charge is 2.16. The van der Waals surface area contributed by atoms with Gasteiger partial charge in [0.2, 0.25) is 5.95 Å². The second-order valence-electron chi connectivity index (χ2n) is 4.58. The number of nitrogens with two attached hydrogens (primary N) is 1. The Morgan fingerprint density at radius 3 is 2.63 bits per heavy atom. The van der Waals surface area contributed by atoms with Crippen LogP contribution in [-0.2, 0) is 0 Å². The zero-order valence-corrected chi connectivity index (χ0v) is 11.7. The van der Waals surface area contributed by atoms with Crippen LogP contribution in [0.3, 0.4) is 0 Å². The zero-order valence-electron chi connectivity index (χ0n) is 11.7. The molecule has 3 N–H and O–H groups in total. The summed E-state index contributed by atoms with van der Waals surface area (Å²) in [6.07, 6.45) is 1.07. The molecule has 102 valence electrons. The van der Waals surface area contributed by atoms with Gasteiger partial charge in [0.25, 0.3) is 0 Å². The van der Waals surface area contributed by atoms with Gasteiger partial charge in [0, 0.05) is 18.0 Å². The predicted molar refractivity (Wildman–Crippen MR) is 80.1 cm³/mol. The summed E-state index contributed by atoms with van der Waals surface area (Å²) >= 11 is 0. The third-order valence-corrected chi connectivity index (χ3v) is 3.45. The highest BCUT2D eigenvalue weighted by atomic mass is 15.3. The Bertz CT molecular complexity index is 555. The molecule has 0 aliphatic heterocycles. The Kier molecular flexibility index (Phi) is 4.16. The number of nitrogen functional groups attached to an aromatic ring is 1. The first kappa shape index (κ1) is 13.5. The Labute approximate surface area is 113 Å². The minimum absolute atomic E-state index is 0.425. The van der Waals surface area contributed by atoms with Crippen molar-refractivity contribution in [3.8, 4) is 0 Å². The highest BCUT2D eigenvalue weighted by Crippen LogP contribution is 2.26. The molecule has 1 heterocycles. The molecular formula is C14H21N5. The summed E-state index contributed by atoms with van der Waals surface area (Å²) in [6, 6.07) is 8.43. The maximum Gasteiger partial charge on any atom is 0.239 e. The van der Waals surface area contributed by atoms with E-state index in [2.05, 4.69) is 47.1 Å². The minimum atomic E-state index is 0.425. The molecule has 2 rings (SSSR count). The molecule has 5 heteroatoms. The summed E-state index contributed by atoms with van der Waals surface area (Å²) in [5, 5.41) is 1.06. The van der Waals surface area contributed by atoms with Crippen LogP contribution in [0.1, 0.15) is 27.2 Å². The summed E-state index contributed by atoms with van der Waals surface area (Å²) in [5.41, 5.74) is 3.45. The van der Waals surface area contributed by atoms with Crippen LogP contribution in [0.5, 0.6) is 0 Å². The molecule has 1 atom stereocenters. The van der Waals surface area contributed by atoms with Crippen molar-refractivity contribution in [2.75, 3.05) is 16.9 Å². The van der Waals surface area contributed by atoms with Gasteiger partial charge in [-0.3, -0.25) is 5.43 Å². The normalized spacial score (nSPS) is 12.4. The Balaban J connectivity index is 2.62. The fourth-order valence-electron chi connectivity index (χ4n) is 2.23. The molecule has 0 radical (unpaired) electrons. The number of fused-ring (bicyclic) bond motifs is 1. The van der Waals surface area contributed by atoms with E-state index < -0.39 is 0 Å². The number of aromatic nitrogens is 2.